The van der Waals surface area contributed by atoms with Crippen molar-refractivity contribution in [3.8, 4) is 22.8 Å². The molecule has 0 bridgehead atoms. The summed E-state index contributed by atoms with van der Waals surface area (Å²) in [6, 6.07) is 20.8. The Labute approximate surface area is 279 Å². The fraction of sp³-hybridized carbons (Fsp3) is 0.158. The Morgan fingerprint density at radius 2 is 1.79 bits per heavy atom. The number of H-pyrrole nitrogens is 2. The Kier molecular flexibility index (Phi) is 9.54. The highest BCUT2D eigenvalue weighted by Crippen LogP contribution is 2.32. The number of fused-ring (bicyclic) bond motifs is 2. The number of hydrogen-bond donors (Lipinski definition) is 4. The normalized spacial score (nSPS) is 12.2. The summed E-state index contributed by atoms with van der Waals surface area (Å²) in [7, 11) is 3.99. The van der Waals surface area contributed by atoms with E-state index in [2.05, 4.69) is 61.0 Å². The fourth-order valence-electron chi connectivity index (χ4n) is 5.45. The molecule has 4 N–H and O–H groups in total. The van der Waals surface area contributed by atoms with Crippen LogP contribution < -0.4 is 10.6 Å². The summed E-state index contributed by atoms with van der Waals surface area (Å²) in [4.78, 5) is 19.9. The molecule has 4 heterocycles. The van der Waals surface area contributed by atoms with Gasteiger partial charge in [0.05, 0.1) is 22.4 Å². The van der Waals surface area contributed by atoms with Crippen molar-refractivity contribution in [2.24, 2.45) is 0 Å². The number of benzene rings is 2. The number of likely N-dealkylation sites (N-methyl/N-ethyl adjacent to an activating group) is 1. The minimum absolute atomic E-state index is 0.353. The van der Waals surface area contributed by atoms with Gasteiger partial charge in [0.1, 0.15) is 16.9 Å². The molecule has 0 unspecified atom stereocenters. The number of pyridine rings is 2. The smallest absolute Gasteiger partial charge is 0.161 e. The summed E-state index contributed by atoms with van der Waals surface area (Å²) in [6.45, 7) is 11.7. The molecule has 0 spiro atoms. The van der Waals surface area contributed by atoms with E-state index in [0.717, 1.165) is 40.2 Å². The molecule has 0 atom stereocenters. The van der Waals surface area contributed by atoms with Crippen LogP contribution >= 0.6 is 0 Å². The first-order valence-electron chi connectivity index (χ1n) is 15.7. The predicted molar refractivity (Wildman–Crippen MR) is 194 cm³/mol. The van der Waals surface area contributed by atoms with Gasteiger partial charge < -0.3 is 20.5 Å². The number of imidazole rings is 1. The third kappa shape index (κ3) is 7.24. The molecule has 6 rings (SSSR count). The molecule has 0 fully saturated rings. The molecule has 4 aromatic heterocycles. The second-order valence-corrected chi connectivity index (χ2v) is 11.7. The van der Waals surface area contributed by atoms with Gasteiger partial charge in [-0.15, -0.1) is 0 Å². The molecule has 0 aliphatic rings. The van der Waals surface area contributed by atoms with E-state index in [1.807, 2.05) is 75.6 Å². The number of halogens is 1. The summed E-state index contributed by atoms with van der Waals surface area (Å²) in [5, 5.41) is 14.3. The van der Waals surface area contributed by atoms with Gasteiger partial charge >= 0.3 is 0 Å². The molecule has 0 amide bonds. The molecule has 48 heavy (non-hydrogen) atoms. The van der Waals surface area contributed by atoms with Crippen LogP contribution in [0.5, 0.6) is 0 Å². The molecule has 0 saturated heterocycles. The van der Waals surface area contributed by atoms with E-state index in [1.165, 1.54) is 17.7 Å². The Hall–Kier alpha value is -5.87. The zero-order chi connectivity index (χ0) is 33.6. The molecular weight excluding hydrogens is 601 g/mol. The molecule has 6 aromatic rings. The Morgan fingerprint density at radius 1 is 0.979 bits per heavy atom. The fourth-order valence-corrected chi connectivity index (χ4v) is 5.45. The average molecular weight is 640 g/mol. The van der Waals surface area contributed by atoms with Crippen molar-refractivity contribution < 1.29 is 4.39 Å². The highest BCUT2D eigenvalue weighted by Gasteiger charge is 2.18. The monoisotopic (exact) mass is 639 g/mol. The van der Waals surface area contributed by atoms with Crippen LogP contribution in [0.15, 0.2) is 116 Å². The first-order chi connectivity index (χ1) is 23.3. The van der Waals surface area contributed by atoms with Crippen LogP contribution in [0.2, 0.25) is 0 Å². The van der Waals surface area contributed by atoms with Crippen molar-refractivity contribution >= 4 is 33.3 Å². The van der Waals surface area contributed by atoms with Crippen LogP contribution in [0.3, 0.4) is 0 Å². The first kappa shape index (κ1) is 32.1. The van der Waals surface area contributed by atoms with Gasteiger partial charge in [-0.05, 0) is 80.7 Å². The molecule has 0 aliphatic carbocycles. The van der Waals surface area contributed by atoms with Crippen LogP contribution in [0.25, 0.3) is 50.4 Å². The maximum Gasteiger partial charge on any atom is 0.161 e. The van der Waals surface area contributed by atoms with Gasteiger partial charge in [0.25, 0.3) is 0 Å². The molecule has 242 valence electrons. The van der Waals surface area contributed by atoms with E-state index >= 15 is 0 Å². The van der Waals surface area contributed by atoms with Crippen LogP contribution in [0, 0.1) is 5.82 Å². The van der Waals surface area contributed by atoms with Gasteiger partial charge in [0.2, 0.25) is 0 Å². The standard InChI is InChI=1S/C38H38FN9/c1-6-26(21-29(7-2)42-24(3)19-25-11-9-8-10-12-25)31-13-14-33-36(43-31)37(47-46-33)38-44-32-15-16-41-34(35(32)45-38)27-20-28(39)23-30(22-27)40-17-18-48(4)5/h6-16,20-23,40,42H,2-3,17-19H2,1,4-5H3,(H,44,45)(H,46,47)/b26-6+,29-21+. The summed E-state index contributed by atoms with van der Waals surface area (Å²) in [5.74, 6) is 0.174. The lowest BCUT2D eigenvalue weighted by Crippen LogP contribution is -2.20. The molecule has 2 aromatic carbocycles. The minimum Gasteiger partial charge on any atom is -0.384 e. The van der Waals surface area contributed by atoms with Crippen molar-refractivity contribution in [1.82, 2.24) is 40.3 Å². The Bertz CT molecular complexity index is 2160. The number of nitrogens with zero attached hydrogens (tertiary/aromatic N) is 5. The number of anilines is 1. The maximum atomic E-state index is 14.7. The molecule has 0 aliphatic heterocycles. The third-order valence-electron chi connectivity index (χ3n) is 7.81. The zero-order valence-corrected chi connectivity index (χ0v) is 27.3. The van der Waals surface area contributed by atoms with E-state index in [-0.39, 0.29) is 5.82 Å². The van der Waals surface area contributed by atoms with Crippen LogP contribution in [0.4, 0.5) is 10.1 Å². The SMILES string of the molecule is C=C/C(=C\C(=C/C)c1ccc2[nH]nc(-c3nc4c(-c5cc(F)cc(NCCN(C)C)c5)nccc4[nH]3)c2n1)NC(=C)Cc1ccccc1. The summed E-state index contributed by atoms with van der Waals surface area (Å²) < 4.78 is 14.7. The largest absolute Gasteiger partial charge is 0.384 e. The summed E-state index contributed by atoms with van der Waals surface area (Å²) in [6.07, 6.45) is 8.15. The number of nitrogens with one attached hydrogen (secondary N) is 4. The van der Waals surface area contributed by atoms with Crippen molar-refractivity contribution in [1.29, 1.82) is 0 Å². The van der Waals surface area contributed by atoms with E-state index < -0.39 is 0 Å². The Balaban J connectivity index is 1.30. The van der Waals surface area contributed by atoms with Gasteiger partial charge in [-0.3, -0.25) is 10.1 Å². The maximum absolute atomic E-state index is 14.7. The van der Waals surface area contributed by atoms with Crippen LogP contribution in [-0.4, -0.2) is 62.2 Å². The molecular formula is C38H38FN9. The lowest BCUT2D eigenvalue weighted by molar-refractivity contribution is 0.425. The number of aromatic amines is 2. The van der Waals surface area contributed by atoms with E-state index in [4.69, 9.17) is 9.97 Å². The highest BCUT2D eigenvalue weighted by atomic mass is 19.1. The number of hydrogen-bond acceptors (Lipinski definition) is 7. The van der Waals surface area contributed by atoms with Crippen molar-refractivity contribution in [3.05, 3.63) is 133 Å². The second-order valence-electron chi connectivity index (χ2n) is 11.7. The molecule has 0 radical (unpaired) electrons. The lowest BCUT2D eigenvalue weighted by atomic mass is 10.1. The van der Waals surface area contributed by atoms with Crippen molar-refractivity contribution in [2.45, 2.75) is 13.3 Å². The highest BCUT2D eigenvalue weighted by molar-refractivity contribution is 5.95. The quantitative estimate of drug-likeness (QED) is 0.0969. The van der Waals surface area contributed by atoms with Gasteiger partial charge in [-0.2, -0.15) is 5.10 Å². The van der Waals surface area contributed by atoms with Crippen molar-refractivity contribution in [3.63, 3.8) is 0 Å². The van der Waals surface area contributed by atoms with Crippen LogP contribution in [0.1, 0.15) is 18.2 Å². The molecule has 9 nitrogen and oxygen atoms in total. The molecule has 10 heteroatoms. The van der Waals surface area contributed by atoms with E-state index in [9.17, 15) is 4.39 Å². The number of aromatic nitrogens is 6. The average Bonchev–Trinajstić information content (AvgIpc) is 3.70. The summed E-state index contributed by atoms with van der Waals surface area (Å²) >= 11 is 0. The molecule has 0 saturated carbocycles. The second kappa shape index (κ2) is 14.3. The van der Waals surface area contributed by atoms with Crippen LogP contribution in [-0.2, 0) is 6.42 Å². The van der Waals surface area contributed by atoms with Gasteiger partial charge in [0.15, 0.2) is 11.5 Å². The predicted octanol–water partition coefficient (Wildman–Crippen LogP) is 7.50. The Morgan fingerprint density at radius 3 is 2.56 bits per heavy atom. The zero-order valence-electron chi connectivity index (χ0n) is 27.3. The number of rotatable bonds is 13. The third-order valence-corrected chi connectivity index (χ3v) is 7.81. The minimum atomic E-state index is -0.353. The van der Waals surface area contributed by atoms with E-state index in [1.54, 1.807) is 12.3 Å². The van der Waals surface area contributed by atoms with Gasteiger partial charge in [-0.1, -0.05) is 49.6 Å². The van der Waals surface area contributed by atoms with Crippen molar-refractivity contribution in [2.75, 3.05) is 32.5 Å². The van der Waals surface area contributed by atoms with Gasteiger partial charge in [0, 0.05) is 48.4 Å². The first-order valence-corrected chi connectivity index (χ1v) is 15.7. The lowest BCUT2D eigenvalue weighted by Gasteiger charge is -2.12. The summed E-state index contributed by atoms with van der Waals surface area (Å²) in [5.41, 5.74) is 9.73. The topological polar surface area (TPSA) is 110 Å². The van der Waals surface area contributed by atoms with Gasteiger partial charge in [-0.25, -0.2) is 14.4 Å². The number of allylic oxidation sites excluding steroid dienone is 5. The van der Waals surface area contributed by atoms with E-state index in [0.29, 0.717) is 52.5 Å².